The van der Waals surface area contributed by atoms with Gasteiger partial charge in [-0.3, -0.25) is 0 Å². The molecular weight excluding hydrogens is 286 g/mol. The van der Waals surface area contributed by atoms with Crippen LogP contribution in [-0.2, 0) is 13.1 Å². The van der Waals surface area contributed by atoms with Crippen LogP contribution in [0.5, 0.6) is 5.75 Å². The largest absolute Gasteiger partial charge is 0.494 e. The average molecular weight is 309 g/mol. The molecule has 0 radical (unpaired) electrons. The zero-order chi connectivity index (χ0) is 15.9. The SMILES string of the molecule is CCOc1ccc2ccccc2c1CNCCCn1ccnc1. The normalized spacial score (nSPS) is 11.0. The van der Waals surface area contributed by atoms with E-state index in [4.69, 9.17) is 4.74 Å². The molecule has 0 aliphatic carbocycles. The van der Waals surface area contributed by atoms with Gasteiger partial charge in [0.15, 0.2) is 0 Å². The number of aryl methyl sites for hydroxylation is 1. The number of rotatable bonds is 8. The number of benzene rings is 2. The molecule has 3 rings (SSSR count). The van der Waals surface area contributed by atoms with Crippen molar-refractivity contribution in [1.82, 2.24) is 14.9 Å². The smallest absolute Gasteiger partial charge is 0.124 e. The number of imidazole rings is 1. The summed E-state index contributed by atoms with van der Waals surface area (Å²) in [7, 11) is 0. The van der Waals surface area contributed by atoms with Crippen molar-refractivity contribution in [2.75, 3.05) is 13.2 Å². The zero-order valence-corrected chi connectivity index (χ0v) is 13.5. The lowest BCUT2D eigenvalue weighted by atomic mass is 10.0. The van der Waals surface area contributed by atoms with E-state index in [1.165, 1.54) is 16.3 Å². The Morgan fingerprint density at radius 2 is 2.09 bits per heavy atom. The molecule has 0 atom stereocenters. The van der Waals surface area contributed by atoms with Crippen LogP contribution in [0.25, 0.3) is 10.8 Å². The van der Waals surface area contributed by atoms with Crippen LogP contribution in [-0.4, -0.2) is 22.7 Å². The lowest BCUT2D eigenvalue weighted by Gasteiger charge is -2.14. The Balaban J connectivity index is 1.64. The summed E-state index contributed by atoms with van der Waals surface area (Å²) in [5.41, 5.74) is 1.24. The summed E-state index contributed by atoms with van der Waals surface area (Å²) >= 11 is 0. The fourth-order valence-corrected chi connectivity index (χ4v) is 2.81. The van der Waals surface area contributed by atoms with Crippen molar-refractivity contribution >= 4 is 10.8 Å². The zero-order valence-electron chi connectivity index (χ0n) is 13.5. The summed E-state index contributed by atoms with van der Waals surface area (Å²) in [6.07, 6.45) is 6.75. The number of hydrogen-bond donors (Lipinski definition) is 1. The number of aromatic nitrogens is 2. The van der Waals surface area contributed by atoms with Crippen LogP contribution in [0.2, 0.25) is 0 Å². The van der Waals surface area contributed by atoms with Crippen molar-refractivity contribution < 1.29 is 4.74 Å². The predicted molar refractivity (Wildman–Crippen MR) is 93.7 cm³/mol. The Kier molecular flexibility index (Phi) is 5.27. The minimum atomic E-state index is 0.686. The highest BCUT2D eigenvalue weighted by atomic mass is 16.5. The monoisotopic (exact) mass is 309 g/mol. The molecule has 0 fully saturated rings. The summed E-state index contributed by atoms with van der Waals surface area (Å²) in [6, 6.07) is 12.7. The first-order chi connectivity index (χ1) is 11.4. The molecular formula is C19H23N3O. The molecule has 0 saturated carbocycles. The van der Waals surface area contributed by atoms with Gasteiger partial charge >= 0.3 is 0 Å². The van der Waals surface area contributed by atoms with Crippen molar-refractivity contribution in [2.45, 2.75) is 26.4 Å². The maximum absolute atomic E-state index is 5.81. The molecule has 2 aromatic carbocycles. The molecule has 1 N–H and O–H groups in total. The second-order valence-corrected chi connectivity index (χ2v) is 5.53. The van der Waals surface area contributed by atoms with Gasteiger partial charge in [-0.05, 0) is 36.7 Å². The summed E-state index contributed by atoms with van der Waals surface area (Å²) in [5.74, 6) is 0.980. The van der Waals surface area contributed by atoms with E-state index in [0.717, 1.165) is 31.8 Å². The van der Waals surface area contributed by atoms with Gasteiger partial charge in [0.1, 0.15) is 5.75 Å². The minimum Gasteiger partial charge on any atom is -0.494 e. The summed E-state index contributed by atoms with van der Waals surface area (Å²) in [6.45, 7) is 5.48. The molecule has 4 nitrogen and oxygen atoms in total. The van der Waals surface area contributed by atoms with Gasteiger partial charge in [-0.1, -0.05) is 30.3 Å². The molecule has 120 valence electrons. The highest BCUT2D eigenvalue weighted by molar-refractivity contribution is 5.87. The van der Waals surface area contributed by atoms with Gasteiger partial charge in [-0.25, -0.2) is 4.98 Å². The van der Waals surface area contributed by atoms with E-state index in [1.54, 1.807) is 0 Å². The maximum atomic E-state index is 5.81. The Bertz CT molecular complexity index is 737. The fraction of sp³-hybridized carbons (Fsp3) is 0.316. The van der Waals surface area contributed by atoms with E-state index in [1.807, 2.05) is 25.6 Å². The minimum absolute atomic E-state index is 0.686. The molecule has 0 aliphatic rings. The lowest BCUT2D eigenvalue weighted by Crippen LogP contribution is -2.17. The molecule has 0 bridgehead atoms. The second kappa shape index (κ2) is 7.79. The number of ether oxygens (including phenoxy) is 1. The molecule has 0 unspecified atom stereocenters. The van der Waals surface area contributed by atoms with Crippen molar-refractivity contribution in [3.63, 3.8) is 0 Å². The Morgan fingerprint density at radius 3 is 2.91 bits per heavy atom. The highest BCUT2D eigenvalue weighted by Gasteiger charge is 2.08. The van der Waals surface area contributed by atoms with E-state index in [-0.39, 0.29) is 0 Å². The van der Waals surface area contributed by atoms with E-state index in [0.29, 0.717) is 6.61 Å². The quantitative estimate of drug-likeness (QED) is 0.646. The Hall–Kier alpha value is -2.33. The number of nitrogens with zero attached hydrogens (tertiary/aromatic N) is 2. The molecule has 4 heteroatoms. The summed E-state index contributed by atoms with van der Waals surface area (Å²) < 4.78 is 7.91. The van der Waals surface area contributed by atoms with Gasteiger partial charge in [0, 0.05) is 31.0 Å². The standard InChI is InChI=1S/C19H23N3O/c1-2-23-19-9-8-16-6-3-4-7-17(16)18(19)14-20-10-5-12-22-13-11-21-15-22/h3-4,6-9,11,13,15,20H,2,5,10,12,14H2,1H3. The molecule has 1 aromatic heterocycles. The molecule has 0 aliphatic heterocycles. The maximum Gasteiger partial charge on any atom is 0.124 e. The van der Waals surface area contributed by atoms with E-state index >= 15 is 0 Å². The topological polar surface area (TPSA) is 39.1 Å². The van der Waals surface area contributed by atoms with Gasteiger partial charge in [-0.15, -0.1) is 0 Å². The highest BCUT2D eigenvalue weighted by Crippen LogP contribution is 2.28. The van der Waals surface area contributed by atoms with Crippen molar-refractivity contribution in [1.29, 1.82) is 0 Å². The van der Waals surface area contributed by atoms with Crippen LogP contribution < -0.4 is 10.1 Å². The van der Waals surface area contributed by atoms with Gasteiger partial charge in [0.2, 0.25) is 0 Å². The molecule has 23 heavy (non-hydrogen) atoms. The van der Waals surface area contributed by atoms with Gasteiger partial charge in [-0.2, -0.15) is 0 Å². The third-order valence-electron chi connectivity index (χ3n) is 3.93. The van der Waals surface area contributed by atoms with Crippen molar-refractivity contribution in [2.24, 2.45) is 0 Å². The van der Waals surface area contributed by atoms with Crippen LogP contribution in [0.4, 0.5) is 0 Å². The first-order valence-corrected chi connectivity index (χ1v) is 8.18. The second-order valence-electron chi connectivity index (χ2n) is 5.53. The Morgan fingerprint density at radius 1 is 1.17 bits per heavy atom. The third-order valence-corrected chi connectivity index (χ3v) is 3.93. The molecule has 0 saturated heterocycles. The third kappa shape index (κ3) is 3.90. The van der Waals surface area contributed by atoms with Crippen LogP contribution in [0.15, 0.2) is 55.1 Å². The van der Waals surface area contributed by atoms with Gasteiger partial charge < -0.3 is 14.6 Å². The van der Waals surface area contributed by atoms with Gasteiger partial charge in [0.25, 0.3) is 0 Å². The van der Waals surface area contributed by atoms with Crippen LogP contribution >= 0.6 is 0 Å². The molecule has 1 heterocycles. The summed E-state index contributed by atoms with van der Waals surface area (Å²) in [4.78, 5) is 4.06. The lowest BCUT2D eigenvalue weighted by molar-refractivity contribution is 0.336. The molecule has 3 aromatic rings. The van der Waals surface area contributed by atoms with Crippen molar-refractivity contribution in [3.05, 3.63) is 60.7 Å². The predicted octanol–water partition coefficient (Wildman–Crippen LogP) is 3.61. The van der Waals surface area contributed by atoms with E-state index < -0.39 is 0 Å². The Labute approximate surface area is 137 Å². The number of nitrogens with one attached hydrogen (secondary N) is 1. The van der Waals surface area contributed by atoms with Crippen LogP contribution in [0.3, 0.4) is 0 Å². The van der Waals surface area contributed by atoms with Crippen LogP contribution in [0.1, 0.15) is 18.9 Å². The number of hydrogen-bond acceptors (Lipinski definition) is 3. The number of fused-ring (bicyclic) bond motifs is 1. The molecule has 0 amide bonds. The first-order valence-electron chi connectivity index (χ1n) is 8.18. The van der Waals surface area contributed by atoms with Crippen molar-refractivity contribution in [3.8, 4) is 5.75 Å². The van der Waals surface area contributed by atoms with E-state index in [9.17, 15) is 0 Å². The average Bonchev–Trinajstić information content (AvgIpc) is 3.09. The fourth-order valence-electron chi connectivity index (χ4n) is 2.81. The van der Waals surface area contributed by atoms with E-state index in [2.05, 4.69) is 51.3 Å². The van der Waals surface area contributed by atoms with Gasteiger partial charge in [0.05, 0.1) is 12.9 Å². The van der Waals surface area contributed by atoms with Crippen LogP contribution in [0, 0.1) is 0 Å². The first kappa shape index (κ1) is 15.6. The summed E-state index contributed by atoms with van der Waals surface area (Å²) in [5, 5.41) is 6.06. The molecule has 0 spiro atoms.